The average Bonchev–Trinajstić information content (AvgIpc) is 3.18. The van der Waals surface area contributed by atoms with Gasteiger partial charge in [0.05, 0.1) is 5.69 Å². The lowest BCUT2D eigenvalue weighted by molar-refractivity contribution is 0.101. The zero-order valence-corrected chi connectivity index (χ0v) is 19.5. The predicted octanol–water partition coefficient (Wildman–Crippen LogP) is 6.18. The lowest BCUT2D eigenvalue weighted by Crippen LogP contribution is -2.14. The highest BCUT2D eigenvalue weighted by atomic mass is 79.9. The molecule has 1 amide bonds. The summed E-state index contributed by atoms with van der Waals surface area (Å²) in [6.07, 6.45) is 0. The minimum absolute atomic E-state index is 0.122. The van der Waals surface area contributed by atoms with Gasteiger partial charge >= 0.3 is 0 Å². The lowest BCUT2D eigenvalue weighted by atomic mass is 10.1. The fraction of sp³-hybridized carbons (Fsp3) is 0.160. The van der Waals surface area contributed by atoms with Crippen molar-refractivity contribution in [3.05, 3.63) is 93.2 Å². The number of nitrogens with one attached hydrogen (secondary N) is 1. The molecular weight excluding hydrogens is 452 g/mol. The van der Waals surface area contributed by atoms with Crippen LogP contribution < -0.4 is 5.32 Å². The van der Waals surface area contributed by atoms with Gasteiger partial charge in [0.1, 0.15) is 0 Å². The maximum absolute atomic E-state index is 13.0. The second kappa shape index (κ2) is 8.47. The molecule has 0 fully saturated rings. The van der Waals surface area contributed by atoms with Gasteiger partial charge in [-0.05, 0) is 80.3 Å². The average molecular weight is 475 g/mol. The fourth-order valence-electron chi connectivity index (χ4n) is 3.33. The van der Waals surface area contributed by atoms with Crippen LogP contribution in [0.3, 0.4) is 0 Å². The highest BCUT2D eigenvalue weighted by molar-refractivity contribution is 9.10. The maximum atomic E-state index is 13.0. The fourth-order valence-corrected chi connectivity index (χ4v) is 3.60. The molecule has 0 spiro atoms. The standard InChI is InChI=1S/C25H23BrN4O/c1-15-8-13-21(14-17(15)3)27-25(31)23-28-24(19-9-11-20(26)12-10-19)30(29-23)22-7-5-6-16(2)18(22)4/h5-14H,1-4H3,(H,27,31). The SMILES string of the molecule is Cc1ccc(NC(=O)c2nc(-c3ccc(Br)cc3)n(-c3cccc(C)c3C)n2)cc1C. The third-order valence-corrected chi connectivity index (χ3v) is 6.01. The molecule has 1 aromatic heterocycles. The van der Waals surface area contributed by atoms with Crippen LogP contribution in [0.4, 0.5) is 5.69 Å². The molecule has 0 unspecified atom stereocenters. The van der Waals surface area contributed by atoms with E-state index in [1.165, 1.54) is 5.56 Å². The summed E-state index contributed by atoms with van der Waals surface area (Å²) >= 11 is 3.47. The summed E-state index contributed by atoms with van der Waals surface area (Å²) in [5.74, 6) is 0.397. The van der Waals surface area contributed by atoms with E-state index in [0.29, 0.717) is 5.82 Å². The number of aryl methyl sites for hydroxylation is 3. The highest BCUT2D eigenvalue weighted by Gasteiger charge is 2.20. The van der Waals surface area contributed by atoms with Crippen LogP contribution in [0.2, 0.25) is 0 Å². The molecular formula is C25H23BrN4O. The first-order valence-electron chi connectivity index (χ1n) is 10.0. The third-order valence-electron chi connectivity index (χ3n) is 5.48. The molecule has 0 saturated heterocycles. The van der Waals surface area contributed by atoms with Gasteiger partial charge in [0.25, 0.3) is 5.91 Å². The number of carbonyl (C=O) groups excluding carboxylic acids is 1. The summed E-state index contributed by atoms with van der Waals surface area (Å²) in [7, 11) is 0. The number of nitrogens with zero attached hydrogens (tertiary/aromatic N) is 3. The number of hydrogen-bond donors (Lipinski definition) is 1. The van der Waals surface area contributed by atoms with E-state index >= 15 is 0 Å². The van der Waals surface area contributed by atoms with Crippen molar-refractivity contribution in [2.24, 2.45) is 0 Å². The molecule has 0 aliphatic rings. The minimum Gasteiger partial charge on any atom is -0.319 e. The van der Waals surface area contributed by atoms with Crippen molar-refractivity contribution in [2.75, 3.05) is 5.32 Å². The molecule has 0 atom stereocenters. The Morgan fingerprint density at radius 3 is 2.35 bits per heavy atom. The Labute approximate surface area is 190 Å². The smallest absolute Gasteiger partial charge is 0.295 e. The first-order chi connectivity index (χ1) is 14.8. The molecule has 0 aliphatic heterocycles. The molecule has 31 heavy (non-hydrogen) atoms. The molecule has 1 N–H and O–H groups in total. The van der Waals surface area contributed by atoms with Gasteiger partial charge in [-0.1, -0.05) is 46.3 Å². The Bertz CT molecular complexity index is 1280. The first-order valence-corrected chi connectivity index (χ1v) is 10.8. The van der Waals surface area contributed by atoms with Gasteiger partial charge in [-0.3, -0.25) is 4.79 Å². The number of anilines is 1. The van der Waals surface area contributed by atoms with Crippen LogP contribution in [-0.2, 0) is 0 Å². The molecule has 0 aliphatic carbocycles. The number of amides is 1. The summed E-state index contributed by atoms with van der Waals surface area (Å²) in [5, 5.41) is 7.52. The van der Waals surface area contributed by atoms with Crippen molar-refractivity contribution >= 4 is 27.5 Å². The number of hydrogen-bond acceptors (Lipinski definition) is 3. The highest BCUT2D eigenvalue weighted by Crippen LogP contribution is 2.26. The van der Waals surface area contributed by atoms with E-state index in [1.54, 1.807) is 4.68 Å². The van der Waals surface area contributed by atoms with Crippen LogP contribution in [0.5, 0.6) is 0 Å². The molecule has 0 bridgehead atoms. The van der Waals surface area contributed by atoms with E-state index in [9.17, 15) is 4.79 Å². The summed E-state index contributed by atoms with van der Waals surface area (Å²) in [6.45, 7) is 8.16. The first kappa shape index (κ1) is 21.0. The number of aromatic nitrogens is 3. The Balaban J connectivity index is 1.79. The van der Waals surface area contributed by atoms with E-state index < -0.39 is 0 Å². The number of benzene rings is 3. The van der Waals surface area contributed by atoms with Crippen LogP contribution in [-0.4, -0.2) is 20.7 Å². The second-order valence-electron chi connectivity index (χ2n) is 7.65. The molecule has 1 heterocycles. The minimum atomic E-state index is -0.342. The van der Waals surface area contributed by atoms with E-state index in [1.807, 2.05) is 75.4 Å². The molecule has 0 radical (unpaired) electrons. The summed E-state index contributed by atoms with van der Waals surface area (Å²) in [5.41, 5.74) is 7.02. The normalized spacial score (nSPS) is 10.9. The zero-order chi connectivity index (χ0) is 22.1. The molecule has 3 aromatic carbocycles. The summed E-state index contributed by atoms with van der Waals surface area (Å²) in [4.78, 5) is 17.6. The molecule has 4 rings (SSSR count). The molecule has 4 aromatic rings. The van der Waals surface area contributed by atoms with Crippen LogP contribution in [0, 0.1) is 27.7 Å². The molecule has 5 nitrogen and oxygen atoms in total. The molecule has 156 valence electrons. The van der Waals surface area contributed by atoms with Gasteiger partial charge in [-0.25, -0.2) is 9.67 Å². The van der Waals surface area contributed by atoms with Gasteiger partial charge in [0.15, 0.2) is 5.82 Å². The van der Waals surface area contributed by atoms with Crippen LogP contribution in [0.1, 0.15) is 32.9 Å². The number of halogens is 1. The van der Waals surface area contributed by atoms with Crippen molar-refractivity contribution in [1.29, 1.82) is 0 Å². The van der Waals surface area contributed by atoms with Crippen molar-refractivity contribution in [2.45, 2.75) is 27.7 Å². The van der Waals surface area contributed by atoms with Gasteiger partial charge < -0.3 is 5.32 Å². The van der Waals surface area contributed by atoms with E-state index in [0.717, 1.165) is 38.1 Å². The van der Waals surface area contributed by atoms with E-state index in [4.69, 9.17) is 0 Å². The van der Waals surface area contributed by atoms with Crippen LogP contribution >= 0.6 is 15.9 Å². The topological polar surface area (TPSA) is 59.8 Å². The number of rotatable bonds is 4. The van der Waals surface area contributed by atoms with Gasteiger partial charge in [-0.2, -0.15) is 0 Å². The van der Waals surface area contributed by atoms with E-state index in [2.05, 4.69) is 44.3 Å². The largest absolute Gasteiger partial charge is 0.319 e. The quantitative estimate of drug-likeness (QED) is 0.383. The number of carbonyl (C=O) groups is 1. The zero-order valence-electron chi connectivity index (χ0n) is 17.9. The van der Waals surface area contributed by atoms with Crippen molar-refractivity contribution in [3.8, 4) is 17.1 Å². The summed E-state index contributed by atoms with van der Waals surface area (Å²) in [6, 6.07) is 19.7. The van der Waals surface area contributed by atoms with Crippen molar-refractivity contribution < 1.29 is 4.79 Å². The third kappa shape index (κ3) is 4.30. The van der Waals surface area contributed by atoms with Gasteiger partial charge in [0, 0.05) is 15.7 Å². The van der Waals surface area contributed by atoms with Gasteiger partial charge in [0.2, 0.25) is 5.82 Å². The predicted molar refractivity (Wildman–Crippen MR) is 128 cm³/mol. The van der Waals surface area contributed by atoms with Gasteiger partial charge in [-0.15, -0.1) is 5.10 Å². The lowest BCUT2D eigenvalue weighted by Gasteiger charge is -2.11. The van der Waals surface area contributed by atoms with Crippen molar-refractivity contribution in [1.82, 2.24) is 14.8 Å². The Morgan fingerprint density at radius 2 is 1.65 bits per heavy atom. The van der Waals surface area contributed by atoms with E-state index in [-0.39, 0.29) is 11.7 Å². The Hall–Kier alpha value is -3.25. The van der Waals surface area contributed by atoms with Crippen LogP contribution in [0.15, 0.2) is 65.1 Å². The molecule has 6 heteroatoms. The second-order valence-corrected chi connectivity index (χ2v) is 8.57. The van der Waals surface area contributed by atoms with Crippen molar-refractivity contribution in [3.63, 3.8) is 0 Å². The summed E-state index contributed by atoms with van der Waals surface area (Å²) < 4.78 is 2.72. The Morgan fingerprint density at radius 1 is 0.903 bits per heavy atom. The maximum Gasteiger partial charge on any atom is 0.295 e. The monoisotopic (exact) mass is 474 g/mol. The van der Waals surface area contributed by atoms with Crippen LogP contribution in [0.25, 0.3) is 17.1 Å². The molecule has 0 saturated carbocycles. The Kier molecular flexibility index (Phi) is 5.74.